The first kappa shape index (κ1) is 9.45. The van der Waals surface area contributed by atoms with Gasteiger partial charge >= 0.3 is 0 Å². The van der Waals surface area contributed by atoms with Gasteiger partial charge in [0.1, 0.15) is 6.17 Å². The average Bonchev–Trinajstić information content (AvgIpc) is 2.45. The average molecular weight is 174 g/mol. The number of carbonyl (C=O) groups is 1. The lowest BCUT2D eigenvalue weighted by atomic mass is 10.2. The van der Waals surface area contributed by atoms with E-state index in [0.717, 1.165) is 0 Å². The molecule has 0 aromatic carbocycles. The van der Waals surface area contributed by atoms with Crippen LogP contribution in [0.15, 0.2) is 0 Å². The molecule has 70 valence electrons. The summed E-state index contributed by atoms with van der Waals surface area (Å²) in [6.07, 6.45) is -0.0418. The van der Waals surface area contributed by atoms with E-state index in [0.29, 0.717) is 19.4 Å². The zero-order chi connectivity index (χ0) is 9.14. The van der Waals surface area contributed by atoms with Crippen molar-refractivity contribution < 1.29 is 9.18 Å². The van der Waals surface area contributed by atoms with Gasteiger partial charge in [-0.3, -0.25) is 4.79 Å². The maximum atomic E-state index is 12.9. The number of rotatable bonds is 2. The largest absolute Gasteiger partial charge is 0.335 e. The van der Waals surface area contributed by atoms with E-state index in [9.17, 15) is 9.18 Å². The van der Waals surface area contributed by atoms with Gasteiger partial charge in [0, 0.05) is 25.4 Å². The van der Waals surface area contributed by atoms with Crippen LogP contribution >= 0.6 is 0 Å². The molecule has 0 aromatic heterocycles. The standard InChI is InChI=1S/C8H15FN2O/c1-2-8(12)11-5-6(9)3-7(11)4-10/h6-7H,2-5,10H2,1H3/t6-,7-/m0/s1. The Morgan fingerprint density at radius 1 is 1.75 bits per heavy atom. The summed E-state index contributed by atoms with van der Waals surface area (Å²) < 4.78 is 12.9. The Morgan fingerprint density at radius 2 is 2.42 bits per heavy atom. The fraction of sp³-hybridized carbons (Fsp3) is 0.875. The molecule has 1 fully saturated rings. The van der Waals surface area contributed by atoms with Crippen molar-refractivity contribution in [3.05, 3.63) is 0 Å². The van der Waals surface area contributed by atoms with Gasteiger partial charge in [0.15, 0.2) is 0 Å². The third-order valence-electron chi connectivity index (χ3n) is 2.26. The van der Waals surface area contributed by atoms with Crippen molar-refractivity contribution in [2.24, 2.45) is 5.73 Å². The van der Waals surface area contributed by atoms with Gasteiger partial charge in [0.25, 0.3) is 0 Å². The quantitative estimate of drug-likeness (QED) is 0.654. The molecule has 1 aliphatic rings. The van der Waals surface area contributed by atoms with Gasteiger partial charge in [0.2, 0.25) is 5.91 Å². The highest BCUT2D eigenvalue weighted by atomic mass is 19.1. The van der Waals surface area contributed by atoms with Crippen LogP contribution < -0.4 is 5.73 Å². The van der Waals surface area contributed by atoms with Gasteiger partial charge in [-0.1, -0.05) is 6.92 Å². The first-order valence-corrected chi connectivity index (χ1v) is 4.32. The maximum absolute atomic E-state index is 12.9. The van der Waals surface area contributed by atoms with Gasteiger partial charge in [0.05, 0.1) is 6.54 Å². The van der Waals surface area contributed by atoms with E-state index in [2.05, 4.69) is 0 Å². The predicted octanol–water partition coefficient (Wildman–Crippen LogP) is 0.294. The summed E-state index contributed by atoms with van der Waals surface area (Å²) in [6, 6.07) is -0.0764. The number of alkyl halides is 1. The Hall–Kier alpha value is -0.640. The molecule has 0 bridgehead atoms. The molecule has 1 saturated heterocycles. The monoisotopic (exact) mass is 174 g/mol. The molecule has 2 atom stereocenters. The van der Waals surface area contributed by atoms with Gasteiger partial charge in [-0.05, 0) is 0 Å². The van der Waals surface area contributed by atoms with Crippen LogP contribution in [-0.4, -0.2) is 36.1 Å². The molecule has 0 spiro atoms. The number of hydrogen-bond donors (Lipinski definition) is 1. The number of carbonyl (C=O) groups excluding carboxylic acids is 1. The molecule has 3 nitrogen and oxygen atoms in total. The maximum Gasteiger partial charge on any atom is 0.222 e. The molecule has 0 radical (unpaired) electrons. The minimum absolute atomic E-state index is 0.00519. The van der Waals surface area contributed by atoms with Crippen molar-refractivity contribution in [1.29, 1.82) is 0 Å². The third kappa shape index (κ3) is 1.75. The first-order chi connectivity index (χ1) is 5.69. The molecular weight excluding hydrogens is 159 g/mol. The summed E-state index contributed by atoms with van der Waals surface area (Å²) in [6.45, 7) is 2.38. The van der Waals surface area contributed by atoms with Crippen LogP contribution in [0, 0.1) is 0 Å². The van der Waals surface area contributed by atoms with Crippen molar-refractivity contribution in [3.8, 4) is 0 Å². The molecule has 2 N–H and O–H groups in total. The molecule has 4 heteroatoms. The van der Waals surface area contributed by atoms with Gasteiger partial charge in [-0.15, -0.1) is 0 Å². The molecule has 1 heterocycles. The molecule has 1 aliphatic heterocycles. The highest BCUT2D eigenvalue weighted by molar-refractivity contribution is 5.76. The number of nitrogens with zero attached hydrogens (tertiary/aromatic N) is 1. The van der Waals surface area contributed by atoms with Crippen LogP contribution in [0.25, 0.3) is 0 Å². The minimum atomic E-state index is -0.881. The second-order valence-corrected chi connectivity index (χ2v) is 3.12. The summed E-state index contributed by atoms with van der Waals surface area (Å²) in [5, 5.41) is 0. The number of halogens is 1. The normalized spacial score (nSPS) is 29.4. The molecule has 0 unspecified atom stereocenters. The Bertz CT molecular complexity index is 174. The molecule has 0 aromatic rings. The topological polar surface area (TPSA) is 46.3 Å². The Labute approximate surface area is 71.7 Å². The Kier molecular flexibility index (Phi) is 3.03. The molecule has 0 aliphatic carbocycles. The lowest BCUT2D eigenvalue weighted by molar-refractivity contribution is -0.131. The zero-order valence-electron chi connectivity index (χ0n) is 7.29. The second-order valence-electron chi connectivity index (χ2n) is 3.12. The molecular formula is C8H15FN2O. The highest BCUT2D eigenvalue weighted by Gasteiger charge is 2.33. The van der Waals surface area contributed by atoms with E-state index in [1.807, 2.05) is 0 Å². The molecule has 1 rings (SSSR count). The molecule has 1 amide bonds. The van der Waals surface area contributed by atoms with E-state index >= 15 is 0 Å². The van der Waals surface area contributed by atoms with E-state index in [1.54, 1.807) is 11.8 Å². The van der Waals surface area contributed by atoms with Crippen LogP contribution in [0.4, 0.5) is 4.39 Å². The zero-order valence-corrected chi connectivity index (χ0v) is 7.29. The number of nitrogens with two attached hydrogens (primary N) is 1. The van der Waals surface area contributed by atoms with E-state index in [4.69, 9.17) is 5.73 Å². The fourth-order valence-corrected chi connectivity index (χ4v) is 1.59. The highest BCUT2D eigenvalue weighted by Crippen LogP contribution is 2.20. The second kappa shape index (κ2) is 3.85. The van der Waals surface area contributed by atoms with Crippen molar-refractivity contribution in [1.82, 2.24) is 4.90 Å². The van der Waals surface area contributed by atoms with Crippen molar-refractivity contribution in [3.63, 3.8) is 0 Å². The summed E-state index contributed by atoms with van der Waals surface area (Å²) in [5.41, 5.74) is 5.42. The Morgan fingerprint density at radius 3 is 2.92 bits per heavy atom. The van der Waals surface area contributed by atoms with Crippen molar-refractivity contribution in [2.45, 2.75) is 32.0 Å². The van der Waals surface area contributed by atoms with Gasteiger partial charge in [-0.25, -0.2) is 4.39 Å². The lowest BCUT2D eigenvalue weighted by Gasteiger charge is -2.22. The lowest BCUT2D eigenvalue weighted by Crippen LogP contribution is -2.39. The van der Waals surface area contributed by atoms with E-state index in [-0.39, 0.29) is 18.5 Å². The number of hydrogen-bond acceptors (Lipinski definition) is 2. The molecule has 0 saturated carbocycles. The summed E-state index contributed by atoms with van der Waals surface area (Å²) in [7, 11) is 0. The van der Waals surface area contributed by atoms with E-state index in [1.165, 1.54) is 0 Å². The van der Waals surface area contributed by atoms with Gasteiger partial charge in [-0.2, -0.15) is 0 Å². The predicted molar refractivity (Wildman–Crippen MR) is 44.4 cm³/mol. The third-order valence-corrected chi connectivity index (χ3v) is 2.26. The smallest absolute Gasteiger partial charge is 0.222 e. The summed E-state index contributed by atoms with van der Waals surface area (Å²) in [5.74, 6) is 0.00519. The van der Waals surface area contributed by atoms with E-state index < -0.39 is 6.17 Å². The van der Waals surface area contributed by atoms with Crippen LogP contribution in [-0.2, 0) is 4.79 Å². The van der Waals surface area contributed by atoms with Gasteiger partial charge < -0.3 is 10.6 Å². The van der Waals surface area contributed by atoms with Crippen LogP contribution in [0.3, 0.4) is 0 Å². The SMILES string of the molecule is CCC(=O)N1C[C@@H](F)C[C@H]1CN. The number of likely N-dealkylation sites (tertiary alicyclic amines) is 1. The van der Waals surface area contributed by atoms with Crippen molar-refractivity contribution >= 4 is 5.91 Å². The van der Waals surface area contributed by atoms with Crippen LogP contribution in [0.5, 0.6) is 0 Å². The minimum Gasteiger partial charge on any atom is -0.335 e. The summed E-state index contributed by atoms with van der Waals surface area (Å²) >= 11 is 0. The number of amides is 1. The molecule has 12 heavy (non-hydrogen) atoms. The van der Waals surface area contributed by atoms with Crippen molar-refractivity contribution in [2.75, 3.05) is 13.1 Å². The summed E-state index contributed by atoms with van der Waals surface area (Å²) in [4.78, 5) is 12.8. The first-order valence-electron chi connectivity index (χ1n) is 4.32. The fourth-order valence-electron chi connectivity index (χ4n) is 1.59. The van der Waals surface area contributed by atoms with Crippen LogP contribution in [0.2, 0.25) is 0 Å². The van der Waals surface area contributed by atoms with Crippen LogP contribution in [0.1, 0.15) is 19.8 Å². The Balaban J connectivity index is 2.57.